The Bertz CT molecular complexity index is 789. The summed E-state index contributed by atoms with van der Waals surface area (Å²) in [5, 5.41) is 6.78. The number of ether oxygens (including phenoxy) is 1. The Labute approximate surface area is 178 Å². The molecule has 1 fully saturated rings. The van der Waals surface area contributed by atoms with Gasteiger partial charge in [0, 0.05) is 39.1 Å². The molecule has 1 atom stereocenters. The highest BCUT2D eigenvalue weighted by atomic mass is 19.1. The van der Waals surface area contributed by atoms with Gasteiger partial charge >= 0.3 is 0 Å². The molecule has 2 aromatic rings. The molecule has 30 heavy (non-hydrogen) atoms. The lowest BCUT2D eigenvalue weighted by Gasteiger charge is -2.26. The van der Waals surface area contributed by atoms with Gasteiger partial charge in [-0.1, -0.05) is 12.1 Å². The van der Waals surface area contributed by atoms with Crippen LogP contribution in [-0.2, 0) is 11.2 Å². The van der Waals surface area contributed by atoms with Crippen molar-refractivity contribution >= 4 is 5.96 Å². The van der Waals surface area contributed by atoms with Crippen LogP contribution in [0.4, 0.5) is 4.39 Å². The van der Waals surface area contributed by atoms with Crippen molar-refractivity contribution in [1.82, 2.24) is 15.5 Å². The first kappa shape index (κ1) is 22.3. The van der Waals surface area contributed by atoms with E-state index in [1.807, 2.05) is 31.2 Å². The Morgan fingerprint density at radius 3 is 2.83 bits per heavy atom. The molecule has 164 valence electrons. The molecule has 2 heterocycles. The van der Waals surface area contributed by atoms with Crippen LogP contribution in [0.1, 0.15) is 36.3 Å². The second-order valence-corrected chi connectivity index (χ2v) is 7.67. The average molecular weight is 417 g/mol. The second-order valence-electron chi connectivity index (χ2n) is 7.67. The van der Waals surface area contributed by atoms with E-state index in [1.165, 1.54) is 0 Å². The van der Waals surface area contributed by atoms with Gasteiger partial charge in [-0.15, -0.1) is 0 Å². The molecule has 0 saturated carbocycles. The Kier molecular flexibility index (Phi) is 8.71. The van der Waals surface area contributed by atoms with Crippen LogP contribution in [0.25, 0.3) is 0 Å². The van der Waals surface area contributed by atoms with E-state index in [2.05, 4.69) is 15.5 Å². The van der Waals surface area contributed by atoms with E-state index in [0.29, 0.717) is 12.1 Å². The molecule has 0 spiro atoms. The summed E-state index contributed by atoms with van der Waals surface area (Å²) in [5.41, 5.74) is 1.55. The Morgan fingerprint density at radius 1 is 1.27 bits per heavy atom. The minimum Gasteiger partial charge on any atom is -0.469 e. The van der Waals surface area contributed by atoms with Crippen molar-refractivity contribution in [3.63, 3.8) is 0 Å². The normalized spacial score (nSPS) is 16.4. The largest absolute Gasteiger partial charge is 0.469 e. The lowest BCUT2D eigenvalue weighted by Crippen LogP contribution is -2.40. The highest BCUT2D eigenvalue weighted by molar-refractivity contribution is 5.80. The molecular formula is C23H33FN4O2. The molecule has 1 unspecified atom stereocenters. The molecule has 3 rings (SSSR count). The van der Waals surface area contributed by atoms with Crippen LogP contribution in [0.5, 0.6) is 0 Å². The molecule has 0 amide bonds. The van der Waals surface area contributed by atoms with E-state index in [4.69, 9.17) is 14.1 Å². The Hall–Kier alpha value is -2.38. The minimum atomic E-state index is -0.184. The second kappa shape index (κ2) is 11.7. The lowest BCUT2D eigenvalue weighted by molar-refractivity contribution is 0.0377. The average Bonchev–Trinajstić information content (AvgIpc) is 3.27. The summed E-state index contributed by atoms with van der Waals surface area (Å²) in [5.74, 6) is 1.48. The fourth-order valence-corrected chi connectivity index (χ4v) is 3.39. The molecule has 1 aromatic heterocycles. The van der Waals surface area contributed by atoms with Crippen LogP contribution in [0, 0.1) is 12.7 Å². The molecule has 0 radical (unpaired) electrons. The molecule has 7 heteroatoms. The first-order chi connectivity index (χ1) is 14.6. The van der Waals surface area contributed by atoms with Gasteiger partial charge < -0.3 is 19.8 Å². The number of aliphatic imine (C=N–C) groups is 1. The van der Waals surface area contributed by atoms with Crippen molar-refractivity contribution in [3.05, 3.63) is 59.3 Å². The van der Waals surface area contributed by atoms with Crippen LogP contribution in [-0.4, -0.2) is 56.8 Å². The van der Waals surface area contributed by atoms with Gasteiger partial charge in [0.15, 0.2) is 5.96 Å². The first-order valence-corrected chi connectivity index (χ1v) is 10.7. The maximum Gasteiger partial charge on any atom is 0.191 e. The molecule has 0 bridgehead atoms. The number of furan rings is 1. The third-order valence-corrected chi connectivity index (χ3v) is 5.30. The Morgan fingerprint density at radius 2 is 2.10 bits per heavy atom. The number of nitrogens with zero attached hydrogens (tertiary/aromatic N) is 2. The first-order valence-electron chi connectivity index (χ1n) is 10.7. The zero-order valence-electron chi connectivity index (χ0n) is 18.0. The third-order valence-electron chi connectivity index (χ3n) is 5.30. The van der Waals surface area contributed by atoms with Crippen LogP contribution >= 0.6 is 0 Å². The number of hydrogen-bond donors (Lipinski definition) is 2. The fraction of sp³-hybridized carbons (Fsp3) is 0.522. The zero-order chi connectivity index (χ0) is 21.2. The highest BCUT2D eigenvalue weighted by Gasteiger charge is 2.11. The topological polar surface area (TPSA) is 62.0 Å². The summed E-state index contributed by atoms with van der Waals surface area (Å²) >= 11 is 0. The van der Waals surface area contributed by atoms with Gasteiger partial charge in [-0.25, -0.2) is 4.39 Å². The van der Waals surface area contributed by atoms with Gasteiger partial charge in [0.05, 0.1) is 25.5 Å². The lowest BCUT2D eigenvalue weighted by atomic mass is 10.1. The fourth-order valence-electron chi connectivity index (χ4n) is 3.39. The van der Waals surface area contributed by atoms with Crippen molar-refractivity contribution in [2.75, 3.05) is 45.9 Å². The van der Waals surface area contributed by atoms with E-state index in [-0.39, 0.29) is 11.9 Å². The van der Waals surface area contributed by atoms with E-state index in [1.54, 1.807) is 19.3 Å². The van der Waals surface area contributed by atoms with E-state index < -0.39 is 0 Å². The quantitative estimate of drug-likeness (QED) is 0.373. The molecule has 2 N–H and O–H groups in total. The van der Waals surface area contributed by atoms with Gasteiger partial charge in [0.2, 0.25) is 0 Å². The van der Waals surface area contributed by atoms with Crippen LogP contribution in [0.15, 0.2) is 46.0 Å². The summed E-state index contributed by atoms with van der Waals surface area (Å²) in [4.78, 5) is 7.16. The van der Waals surface area contributed by atoms with Crippen molar-refractivity contribution in [3.8, 4) is 0 Å². The molecule has 6 nitrogen and oxygen atoms in total. The number of benzene rings is 1. The van der Waals surface area contributed by atoms with Gasteiger partial charge in [-0.3, -0.25) is 9.89 Å². The SMILES string of the molecule is Cc1ccc(C(C)NC(=NCCCN2CCOCC2)NCCc2ccco2)cc1F. The van der Waals surface area contributed by atoms with E-state index in [9.17, 15) is 4.39 Å². The molecule has 1 saturated heterocycles. The number of halogens is 1. The summed E-state index contributed by atoms with van der Waals surface area (Å²) < 4.78 is 24.8. The van der Waals surface area contributed by atoms with E-state index in [0.717, 1.165) is 69.5 Å². The third kappa shape index (κ3) is 7.15. The number of hydrogen-bond acceptors (Lipinski definition) is 4. The highest BCUT2D eigenvalue weighted by Crippen LogP contribution is 2.16. The predicted octanol–water partition coefficient (Wildman–Crippen LogP) is 3.29. The van der Waals surface area contributed by atoms with Gasteiger partial charge in [-0.2, -0.15) is 0 Å². The van der Waals surface area contributed by atoms with Crippen LogP contribution < -0.4 is 10.6 Å². The number of morpholine rings is 1. The Balaban J connectivity index is 1.54. The van der Waals surface area contributed by atoms with Crippen molar-refractivity contribution < 1.29 is 13.5 Å². The van der Waals surface area contributed by atoms with Crippen molar-refractivity contribution in [2.45, 2.75) is 32.7 Å². The summed E-state index contributed by atoms with van der Waals surface area (Å²) in [7, 11) is 0. The van der Waals surface area contributed by atoms with Crippen molar-refractivity contribution in [1.29, 1.82) is 0 Å². The number of nitrogens with one attached hydrogen (secondary N) is 2. The molecule has 1 aliphatic heterocycles. The number of aryl methyl sites for hydroxylation is 1. The molecular weight excluding hydrogens is 383 g/mol. The van der Waals surface area contributed by atoms with Crippen molar-refractivity contribution in [2.24, 2.45) is 4.99 Å². The van der Waals surface area contributed by atoms with Gasteiger partial charge in [-0.05, 0) is 49.6 Å². The number of guanidine groups is 1. The van der Waals surface area contributed by atoms with Crippen LogP contribution in [0.3, 0.4) is 0 Å². The van der Waals surface area contributed by atoms with Crippen LogP contribution in [0.2, 0.25) is 0 Å². The molecule has 1 aliphatic rings. The maximum absolute atomic E-state index is 14.0. The standard InChI is InChI=1S/C23H33FN4O2/c1-18-6-7-20(17-22(18)24)19(2)27-23(26-10-8-21-5-3-14-30-21)25-9-4-11-28-12-15-29-16-13-28/h3,5-7,14,17,19H,4,8-13,15-16H2,1-2H3,(H2,25,26,27). The summed E-state index contributed by atoms with van der Waals surface area (Å²) in [6.07, 6.45) is 3.44. The number of rotatable bonds is 9. The smallest absolute Gasteiger partial charge is 0.191 e. The summed E-state index contributed by atoms with van der Waals surface area (Å²) in [6, 6.07) is 9.15. The monoisotopic (exact) mass is 416 g/mol. The van der Waals surface area contributed by atoms with Gasteiger partial charge in [0.25, 0.3) is 0 Å². The zero-order valence-corrected chi connectivity index (χ0v) is 18.0. The minimum absolute atomic E-state index is 0.0609. The summed E-state index contributed by atoms with van der Waals surface area (Å²) in [6.45, 7) is 9.85. The maximum atomic E-state index is 14.0. The molecule has 1 aromatic carbocycles. The van der Waals surface area contributed by atoms with E-state index >= 15 is 0 Å². The predicted molar refractivity (Wildman–Crippen MR) is 117 cm³/mol. The molecule has 0 aliphatic carbocycles. The van der Waals surface area contributed by atoms with Gasteiger partial charge in [0.1, 0.15) is 11.6 Å².